The fourth-order valence-corrected chi connectivity index (χ4v) is 3.33. The number of halogens is 2. The minimum atomic E-state index is -2.89. The number of pyridine rings is 1. The average molecular weight is 442 g/mol. The van der Waals surface area contributed by atoms with Gasteiger partial charge in [0.05, 0.1) is 0 Å². The van der Waals surface area contributed by atoms with Crippen LogP contribution >= 0.6 is 12.2 Å². The number of nitrogens with one attached hydrogen (secondary N) is 1. The standard InChI is InChI=1S/C24H22F2N2O2S/c1-15-5-4-12-28(14-15)21(22(29)18-7-6-16(2)17(3)13-18)23(31)27-19-8-10-20(11-9-19)30-24(25)26/h4-14,24H,1-3H3,(H-,27,29,31)/p+1. The van der Waals surface area contributed by atoms with Crippen LogP contribution in [-0.4, -0.2) is 16.7 Å². The van der Waals surface area contributed by atoms with Gasteiger partial charge in [0.1, 0.15) is 5.75 Å². The lowest BCUT2D eigenvalue weighted by molar-refractivity contribution is -0.576. The number of aryl methyl sites for hydroxylation is 3. The summed E-state index contributed by atoms with van der Waals surface area (Å²) >= 11 is 5.62. The zero-order valence-electron chi connectivity index (χ0n) is 17.4. The fourth-order valence-electron chi connectivity index (χ4n) is 3.01. The predicted octanol–water partition coefficient (Wildman–Crippen LogP) is 5.82. The highest BCUT2D eigenvalue weighted by molar-refractivity contribution is 7.81. The van der Waals surface area contributed by atoms with E-state index in [-0.39, 0.29) is 16.5 Å². The molecule has 7 heteroatoms. The van der Waals surface area contributed by atoms with Crippen molar-refractivity contribution in [2.45, 2.75) is 27.4 Å². The lowest BCUT2D eigenvalue weighted by Crippen LogP contribution is -2.38. The zero-order valence-corrected chi connectivity index (χ0v) is 18.2. The number of aliphatic hydroxyl groups is 1. The van der Waals surface area contributed by atoms with Crippen molar-refractivity contribution in [3.05, 3.63) is 89.2 Å². The van der Waals surface area contributed by atoms with E-state index >= 15 is 0 Å². The highest BCUT2D eigenvalue weighted by atomic mass is 32.1. The number of alkyl halides is 2. The van der Waals surface area contributed by atoms with Crippen LogP contribution in [0.25, 0.3) is 11.5 Å². The van der Waals surface area contributed by atoms with Crippen molar-refractivity contribution in [2.75, 3.05) is 5.32 Å². The molecular formula is C24H23F2N2O2S+. The van der Waals surface area contributed by atoms with E-state index in [0.717, 1.165) is 16.7 Å². The summed E-state index contributed by atoms with van der Waals surface area (Å²) < 4.78 is 30.9. The quantitative estimate of drug-likeness (QED) is 0.219. The molecule has 2 N–H and O–H groups in total. The number of rotatable bonds is 6. The highest BCUT2D eigenvalue weighted by Crippen LogP contribution is 2.23. The van der Waals surface area contributed by atoms with Crippen molar-refractivity contribution in [3.63, 3.8) is 0 Å². The Bertz CT molecular complexity index is 1130. The van der Waals surface area contributed by atoms with Crippen LogP contribution in [0.3, 0.4) is 0 Å². The molecule has 3 aromatic rings. The van der Waals surface area contributed by atoms with E-state index in [1.165, 1.54) is 12.1 Å². The first kappa shape index (κ1) is 22.4. The van der Waals surface area contributed by atoms with Gasteiger partial charge in [-0.2, -0.15) is 13.3 Å². The van der Waals surface area contributed by atoms with Crippen LogP contribution in [0.2, 0.25) is 0 Å². The Morgan fingerprint density at radius 3 is 2.35 bits per heavy atom. The van der Waals surface area contributed by atoms with Crippen LogP contribution in [0.4, 0.5) is 14.5 Å². The molecule has 0 amide bonds. The van der Waals surface area contributed by atoms with Crippen LogP contribution < -0.4 is 14.6 Å². The van der Waals surface area contributed by atoms with E-state index in [2.05, 4.69) is 10.1 Å². The number of thiocarbonyl (C=S) groups is 1. The lowest BCUT2D eigenvalue weighted by Gasteiger charge is -2.12. The van der Waals surface area contributed by atoms with Crippen molar-refractivity contribution in [3.8, 4) is 5.75 Å². The molecule has 0 radical (unpaired) electrons. The Kier molecular flexibility index (Phi) is 6.97. The van der Waals surface area contributed by atoms with Crippen molar-refractivity contribution in [2.24, 2.45) is 0 Å². The average Bonchev–Trinajstić information content (AvgIpc) is 2.71. The molecule has 4 nitrogen and oxygen atoms in total. The minimum absolute atomic E-state index is 0.0221. The van der Waals surface area contributed by atoms with E-state index in [4.69, 9.17) is 12.2 Å². The Labute approximate surface area is 185 Å². The van der Waals surface area contributed by atoms with Crippen molar-refractivity contribution in [1.29, 1.82) is 0 Å². The molecule has 0 unspecified atom stereocenters. The number of anilines is 1. The molecule has 0 fully saturated rings. The molecule has 0 aliphatic carbocycles. The highest BCUT2D eigenvalue weighted by Gasteiger charge is 2.24. The maximum Gasteiger partial charge on any atom is 0.387 e. The maximum absolute atomic E-state index is 12.4. The number of hydrogen-bond acceptors (Lipinski definition) is 3. The van der Waals surface area contributed by atoms with E-state index in [1.807, 2.05) is 57.3 Å². The molecule has 0 atom stereocenters. The SMILES string of the molecule is Cc1ccc[n+](/C(C(=S)Nc2ccc(OC(F)F)cc2)=C(\O)c2ccc(C)c(C)c2)c1. The molecular weight excluding hydrogens is 418 g/mol. The van der Waals surface area contributed by atoms with E-state index < -0.39 is 6.61 Å². The Hall–Kier alpha value is -3.32. The molecule has 0 aliphatic rings. The number of hydrogen-bond donors (Lipinski definition) is 2. The molecule has 160 valence electrons. The van der Waals surface area contributed by atoms with Gasteiger partial charge in [0.25, 0.3) is 5.70 Å². The van der Waals surface area contributed by atoms with Gasteiger partial charge in [-0.15, -0.1) is 0 Å². The second-order valence-corrected chi connectivity index (χ2v) is 7.55. The molecule has 31 heavy (non-hydrogen) atoms. The summed E-state index contributed by atoms with van der Waals surface area (Å²) in [6, 6.07) is 15.5. The molecule has 0 saturated carbocycles. The normalized spacial score (nSPS) is 11.8. The minimum Gasteiger partial charge on any atom is -0.502 e. The topological polar surface area (TPSA) is 45.4 Å². The number of benzene rings is 2. The summed E-state index contributed by atoms with van der Waals surface area (Å²) in [6.07, 6.45) is 3.66. The number of ether oxygens (including phenoxy) is 1. The molecule has 0 aliphatic heterocycles. The van der Waals surface area contributed by atoms with Gasteiger partial charge in [-0.1, -0.05) is 24.4 Å². The summed E-state index contributed by atoms with van der Waals surface area (Å²) in [5.41, 5.74) is 4.76. The van der Waals surface area contributed by atoms with Gasteiger partial charge in [-0.05, 0) is 68.3 Å². The summed E-state index contributed by atoms with van der Waals surface area (Å²) in [7, 11) is 0. The lowest BCUT2D eigenvalue weighted by atomic mass is 10.0. The number of aromatic nitrogens is 1. The third kappa shape index (κ3) is 5.64. The van der Waals surface area contributed by atoms with Crippen LogP contribution in [-0.2, 0) is 0 Å². The Morgan fingerprint density at radius 1 is 1.03 bits per heavy atom. The van der Waals surface area contributed by atoms with Crippen molar-refractivity contribution in [1.82, 2.24) is 0 Å². The summed E-state index contributed by atoms with van der Waals surface area (Å²) in [4.78, 5) is 0.272. The Balaban J connectivity index is 2.00. The van der Waals surface area contributed by atoms with Gasteiger partial charge in [-0.25, -0.2) is 0 Å². The molecule has 0 saturated heterocycles. The summed E-state index contributed by atoms with van der Waals surface area (Å²) in [6.45, 7) is 3.04. The first-order valence-electron chi connectivity index (χ1n) is 9.60. The van der Waals surface area contributed by atoms with E-state index in [0.29, 0.717) is 16.9 Å². The second-order valence-electron chi connectivity index (χ2n) is 7.14. The summed E-state index contributed by atoms with van der Waals surface area (Å²) in [5, 5.41) is 14.2. The molecule has 1 aromatic heterocycles. The molecule has 2 aromatic carbocycles. The molecule has 3 rings (SSSR count). The van der Waals surface area contributed by atoms with Crippen LogP contribution in [0.1, 0.15) is 22.3 Å². The predicted molar refractivity (Wildman–Crippen MR) is 122 cm³/mol. The van der Waals surface area contributed by atoms with Gasteiger partial charge in [0, 0.05) is 22.9 Å². The second kappa shape index (κ2) is 9.66. The molecule has 1 heterocycles. The smallest absolute Gasteiger partial charge is 0.387 e. The maximum atomic E-state index is 12.4. The Morgan fingerprint density at radius 2 is 1.74 bits per heavy atom. The largest absolute Gasteiger partial charge is 0.502 e. The monoisotopic (exact) mass is 441 g/mol. The first-order valence-corrected chi connectivity index (χ1v) is 10.0. The van der Waals surface area contributed by atoms with Crippen LogP contribution in [0.15, 0.2) is 67.0 Å². The van der Waals surface area contributed by atoms with E-state index in [1.54, 1.807) is 22.9 Å². The molecule has 0 spiro atoms. The van der Waals surface area contributed by atoms with Crippen LogP contribution in [0, 0.1) is 20.8 Å². The van der Waals surface area contributed by atoms with Crippen molar-refractivity contribution < 1.29 is 23.2 Å². The number of aliphatic hydroxyl groups excluding tert-OH is 1. The molecule has 0 bridgehead atoms. The van der Waals surface area contributed by atoms with Gasteiger partial charge in [0.2, 0.25) is 0 Å². The first-order chi connectivity index (χ1) is 14.7. The third-order valence-electron chi connectivity index (χ3n) is 4.76. The van der Waals surface area contributed by atoms with Gasteiger partial charge in [-0.3, -0.25) is 0 Å². The van der Waals surface area contributed by atoms with Crippen LogP contribution in [0.5, 0.6) is 5.75 Å². The van der Waals surface area contributed by atoms with Gasteiger partial charge in [0.15, 0.2) is 23.1 Å². The fraction of sp³-hybridized carbons (Fsp3) is 0.167. The zero-order chi connectivity index (χ0) is 22.5. The van der Waals surface area contributed by atoms with Gasteiger partial charge >= 0.3 is 6.61 Å². The van der Waals surface area contributed by atoms with Gasteiger partial charge < -0.3 is 15.2 Å². The number of nitrogens with zero attached hydrogens (tertiary/aromatic N) is 1. The van der Waals surface area contributed by atoms with E-state index in [9.17, 15) is 13.9 Å². The summed E-state index contributed by atoms with van der Waals surface area (Å²) in [5.74, 6) is 0.0714. The third-order valence-corrected chi connectivity index (χ3v) is 5.06. The van der Waals surface area contributed by atoms with Crippen molar-refractivity contribution >= 4 is 34.3 Å².